The fourth-order valence-electron chi connectivity index (χ4n) is 4.88. The van der Waals surface area contributed by atoms with Gasteiger partial charge in [0.1, 0.15) is 24.2 Å². The molecule has 13 nitrogen and oxygen atoms in total. The molecule has 2 aromatic carbocycles. The third-order valence-corrected chi connectivity index (χ3v) is 7.21. The van der Waals surface area contributed by atoms with Crippen LogP contribution in [0, 0.1) is 5.92 Å². The summed E-state index contributed by atoms with van der Waals surface area (Å²) in [6, 6.07) is 13.6. The number of nitrogens with one attached hydrogen (secondary N) is 4. The zero-order valence-electron chi connectivity index (χ0n) is 28.2. The van der Waals surface area contributed by atoms with Gasteiger partial charge >= 0.3 is 11.9 Å². The Bertz CT molecular complexity index is 1340. The van der Waals surface area contributed by atoms with Gasteiger partial charge in [-0.1, -0.05) is 74.5 Å². The Morgan fingerprint density at radius 3 is 1.58 bits per heavy atom. The lowest BCUT2D eigenvalue weighted by Gasteiger charge is -2.27. The van der Waals surface area contributed by atoms with Crippen LogP contribution in [-0.2, 0) is 51.1 Å². The first-order valence-electron chi connectivity index (χ1n) is 16.3. The molecule has 6 N–H and O–H groups in total. The van der Waals surface area contributed by atoms with Gasteiger partial charge in [-0.2, -0.15) is 0 Å². The van der Waals surface area contributed by atoms with Crippen molar-refractivity contribution in [2.75, 3.05) is 19.8 Å². The fourth-order valence-corrected chi connectivity index (χ4v) is 4.88. The molecule has 0 aliphatic rings. The summed E-state index contributed by atoms with van der Waals surface area (Å²) in [5.41, 5.74) is 7.02. The van der Waals surface area contributed by atoms with Gasteiger partial charge < -0.3 is 36.5 Å². The summed E-state index contributed by atoms with van der Waals surface area (Å²) in [6.07, 6.45) is 0.246. The molecular weight excluding hydrogens is 618 g/mol. The Balaban J connectivity index is 2.32. The molecule has 48 heavy (non-hydrogen) atoms. The van der Waals surface area contributed by atoms with Gasteiger partial charge in [0.05, 0.1) is 19.8 Å². The molecule has 0 aliphatic carbocycles. The number of hydrogen-bond acceptors (Lipinski definition) is 9. The van der Waals surface area contributed by atoms with Crippen LogP contribution in [-0.4, -0.2) is 79.5 Å². The first kappa shape index (κ1) is 39.4. The van der Waals surface area contributed by atoms with Gasteiger partial charge in [0.25, 0.3) is 0 Å². The molecule has 13 heteroatoms. The van der Waals surface area contributed by atoms with E-state index in [1.54, 1.807) is 38.1 Å². The third-order valence-electron chi connectivity index (χ3n) is 7.21. The minimum Gasteiger partial charge on any atom is -0.466 e. The lowest BCUT2D eigenvalue weighted by atomic mass is 9.99. The van der Waals surface area contributed by atoms with Crippen molar-refractivity contribution in [3.8, 4) is 0 Å². The number of carbonyl (C=O) groups excluding carboxylic acids is 6. The summed E-state index contributed by atoms with van der Waals surface area (Å²) in [6.45, 7) is 6.95. The molecule has 0 bridgehead atoms. The lowest BCUT2D eigenvalue weighted by molar-refractivity contribution is -0.149. The summed E-state index contributed by atoms with van der Waals surface area (Å²) in [4.78, 5) is 78.0. The Morgan fingerprint density at radius 2 is 1.10 bits per heavy atom. The van der Waals surface area contributed by atoms with Crippen LogP contribution in [0.1, 0.15) is 58.1 Å². The highest BCUT2D eigenvalue weighted by Crippen LogP contribution is 2.11. The standard InChI is InChI=1S/C35H49N5O8/c1-5-47-31(42)18-17-26(35(46)48-6-2)38-34(45)29(21-25-15-11-8-12-16-25)40-32(43)27(19-23(3)4)39-33(44)28(37-30(41)22-36)20-24-13-9-7-10-14-24/h7-16,23,26-29H,5-6,17-22,36H2,1-4H3,(H,37,41)(H,38,45)(H,39,44)(H,40,43)/t26-,27-,28-,29-/m0/s1. The van der Waals surface area contributed by atoms with Crippen molar-refractivity contribution in [3.63, 3.8) is 0 Å². The van der Waals surface area contributed by atoms with Gasteiger partial charge in [0.2, 0.25) is 23.6 Å². The zero-order chi connectivity index (χ0) is 35.5. The molecule has 0 saturated carbocycles. The van der Waals surface area contributed by atoms with Crippen molar-refractivity contribution < 1.29 is 38.2 Å². The van der Waals surface area contributed by atoms with Crippen LogP contribution in [0.4, 0.5) is 0 Å². The summed E-state index contributed by atoms with van der Waals surface area (Å²) >= 11 is 0. The van der Waals surface area contributed by atoms with Gasteiger partial charge in [0, 0.05) is 19.3 Å². The highest BCUT2D eigenvalue weighted by atomic mass is 16.5. The maximum absolute atomic E-state index is 13.8. The quantitative estimate of drug-likeness (QED) is 0.129. The molecular formula is C35H49N5O8. The largest absolute Gasteiger partial charge is 0.466 e. The first-order valence-corrected chi connectivity index (χ1v) is 16.3. The topological polar surface area (TPSA) is 195 Å². The molecule has 262 valence electrons. The Labute approximate surface area is 282 Å². The summed E-state index contributed by atoms with van der Waals surface area (Å²) in [5, 5.41) is 10.8. The van der Waals surface area contributed by atoms with Gasteiger partial charge in [-0.15, -0.1) is 0 Å². The first-order chi connectivity index (χ1) is 23.0. The maximum atomic E-state index is 13.8. The number of nitrogens with two attached hydrogens (primary N) is 1. The molecule has 0 aromatic heterocycles. The SMILES string of the molecule is CCOC(=O)CC[C@H](NC(=O)[C@H](Cc1ccccc1)NC(=O)[C@H](CC(C)C)NC(=O)[C@H](Cc1ccccc1)NC(=O)CN)C(=O)OCC. The number of ether oxygens (including phenoxy) is 2. The summed E-state index contributed by atoms with van der Waals surface area (Å²) < 4.78 is 10.1. The molecule has 0 saturated heterocycles. The van der Waals surface area contributed by atoms with Crippen LogP contribution in [0.3, 0.4) is 0 Å². The zero-order valence-corrected chi connectivity index (χ0v) is 28.2. The second kappa shape index (κ2) is 21.2. The van der Waals surface area contributed by atoms with E-state index in [2.05, 4.69) is 21.3 Å². The smallest absolute Gasteiger partial charge is 0.328 e. The summed E-state index contributed by atoms with van der Waals surface area (Å²) in [5.74, 6) is -3.73. The molecule has 0 fully saturated rings. The molecule has 0 radical (unpaired) electrons. The molecule has 2 aromatic rings. The molecule has 4 amide bonds. The third kappa shape index (κ3) is 14.3. The summed E-state index contributed by atoms with van der Waals surface area (Å²) in [7, 11) is 0. The van der Waals surface area contributed by atoms with Gasteiger partial charge in [-0.05, 0) is 43.7 Å². The molecule has 2 rings (SSSR count). The lowest BCUT2D eigenvalue weighted by Crippen LogP contribution is -2.59. The second-order valence-electron chi connectivity index (χ2n) is 11.6. The molecule has 0 aliphatic heterocycles. The van der Waals surface area contributed by atoms with E-state index in [-0.39, 0.29) is 57.8 Å². The number of esters is 2. The average Bonchev–Trinajstić information content (AvgIpc) is 3.06. The number of rotatable bonds is 20. The highest BCUT2D eigenvalue weighted by molar-refractivity contribution is 5.95. The highest BCUT2D eigenvalue weighted by Gasteiger charge is 2.32. The van der Waals surface area contributed by atoms with Gasteiger partial charge in [-0.25, -0.2) is 4.79 Å². The van der Waals surface area contributed by atoms with E-state index in [0.29, 0.717) is 0 Å². The van der Waals surface area contributed by atoms with E-state index in [1.807, 2.05) is 50.2 Å². The average molecular weight is 668 g/mol. The molecule has 4 atom stereocenters. The van der Waals surface area contributed by atoms with Crippen molar-refractivity contribution >= 4 is 35.6 Å². The van der Waals surface area contributed by atoms with Crippen LogP contribution in [0.15, 0.2) is 60.7 Å². The molecule has 0 heterocycles. The Morgan fingerprint density at radius 1 is 0.646 bits per heavy atom. The predicted octanol–water partition coefficient (Wildman–Crippen LogP) is 1.32. The van der Waals surface area contributed by atoms with Crippen LogP contribution < -0.4 is 27.0 Å². The van der Waals surface area contributed by atoms with E-state index in [4.69, 9.17) is 15.2 Å². The predicted molar refractivity (Wildman–Crippen MR) is 179 cm³/mol. The Kier molecular flexibility index (Phi) is 17.4. The van der Waals surface area contributed by atoms with E-state index in [9.17, 15) is 28.8 Å². The minimum atomic E-state index is -1.17. The van der Waals surface area contributed by atoms with E-state index in [1.165, 1.54) is 0 Å². The number of hydrogen-bond donors (Lipinski definition) is 5. The fraction of sp³-hybridized carbons (Fsp3) is 0.486. The van der Waals surface area contributed by atoms with Crippen molar-refractivity contribution in [3.05, 3.63) is 71.8 Å². The van der Waals surface area contributed by atoms with E-state index < -0.39 is 59.7 Å². The Hall–Kier alpha value is -4.78. The normalized spacial score (nSPS) is 13.3. The number of carbonyl (C=O) groups is 6. The number of benzene rings is 2. The monoisotopic (exact) mass is 667 g/mol. The van der Waals surface area contributed by atoms with Gasteiger partial charge in [0.15, 0.2) is 0 Å². The van der Waals surface area contributed by atoms with Crippen LogP contribution in [0.5, 0.6) is 0 Å². The number of amides is 4. The van der Waals surface area contributed by atoms with Crippen LogP contribution >= 0.6 is 0 Å². The molecule has 0 unspecified atom stereocenters. The molecule has 0 spiro atoms. The minimum absolute atomic E-state index is 0.0373. The van der Waals surface area contributed by atoms with Crippen molar-refractivity contribution in [1.82, 2.24) is 21.3 Å². The van der Waals surface area contributed by atoms with Crippen molar-refractivity contribution in [1.29, 1.82) is 0 Å². The van der Waals surface area contributed by atoms with E-state index in [0.717, 1.165) is 11.1 Å². The van der Waals surface area contributed by atoms with Crippen molar-refractivity contribution in [2.24, 2.45) is 11.7 Å². The van der Waals surface area contributed by atoms with Crippen LogP contribution in [0.25, 0.3) is 0 Å². The second-order valence-corrected chi connectivity index (χ2v) is 11.6. The van der Waals surface area contributed by atoms with Crippen LogP contribution in [0.2, 0.25) is 0 Å². The maximum Gasteiger partial charge on any atom is 0.328 e. The van der Waals surface area contributed by atoms with Gasteiger partial charge in [-0.3, -0.25) is 24.0 Å². The van der Waals surface area contributed by atoms with E-state index >= 15 is 0 Å². The van der Waals surface area contributed by atoms with Crippen molar-refractivity contribution in [2.45, 2.75) is 84.0 Å².